The molecule has 2 rings (SSSR count). The molecule has 1 unspecified atom stereocenters. The van der Waals surface area contributed by atoms with E-state index in [1.54, 1.807) is 6.07 Å². The van der Waals surface area contributed by atoms with Gasteiger partial charge in [0.15, 0.2) is 0 Å². The second kappa shape index (κ2) is 11.8. The number of likely N-dealkylation sites (N-methyl/N-ethyl adjacent to an activating group) is 1. The maximum absolute atomic E-state index is 12.5. The van der Waals surface area contributed by atoms with Crippen molar-refractivity contribution in [1.29, 1.82) is 0 Å². The van der Waals surface area contributed by atoms with Gasteiger partial charge >= 0.3 is 10.3 Å². The van der Waals surface area contributed by atoms with E-state index in [9.17, 15) is 31.2 Å². The lowest BCUT2D eigenvalue weighted by Gasteiger charge is -2.18. The van der Waals surface area contributed by atoms with E-state index in [4.69, 9.17) is 4.55 Å². The molecule has 190 valence electrons. The van der Waals surface area contributed by atoms with Crippen LogP contribution in [0.15, 0.2) is 53.4 Å². The number of hydrogen-bond donors (Lipinski definition) is 5. The van der Waals surface area contributed by atoms with Gasteiger partial charge < -0.3 is 10.6 Å². The van der Waals surface area contributed by atoms with Gasteiger partial charge in [0.05, 0.1) is 10.6 Å². The van der Waals surface area contributed by atoms with E-state index >= 15 is 0 Å². The highest BCUT2D eigenvalue weighted by Gasteiger charge is 2.21. The lowest BCUT2D eigenvalue weighted by atomic mass is 10.0. The predicted molar refractivity (Wildman–Crippen MR) is 127 cm³/mol. The highest BCUT2D eigenvalue weighted by atomic mass is 32.2. The zero-order chi connectivity index (χ0) is 26.2. The van der Waals surface area contributed by atoms with E-state index in [0.29, 0.717) is 11.1 Å². The van der Waals surface area contributed by atoms with Crippen LogP contribution in [-0.4, -0.2) is 52.2 Å². The molecule has 0 aliphatic heterocycles. The lowest BCUT2D eigenvalue weighted by molar-refractivity contribution is -0.128. The number of hydrogen-bond acceptors (Lipinski definition) is 7. The molecule has 0 aromatic heterocycles. The minimum absolute atomic E-state index is 0.0334. The van der Waals surface area contributed by atoms with Crippen LogP contribution >= 0.6 is 0 Å². The molecule has 14 heteroatoms. The summed E-state index contributed by atoms with van der Waals surface area (Å²) in [5.74, 6) is -1.61. The van der Waals surface area contributed by atoms with Gasteiger partial charge in [-0.15, -0.1) is 0 Å². The molecule has 0 radical (unpaired) electrons. The quantitative estimate of drug-likeness (QED) is 0.255. The fraction of sp³-hybridized carbons (Fsp3) is 0.286. The molecule has 2 aromatic carbocycles. The summed E-state index contributed by atoms with van der Waals surface area (Å²) in [7, 11) is -7.00. The van der Waals surface area contributed by atoms with Crippen molar-refractivity contribution in [3.05, 3.63) is 59.7 Å². The fourth-order valence-corrected chi connectivity index (χ4v) is 4.61. The first-order valence-corrected chi connectivity index (χ1v) is 13.2. The molecule has 12 nitrogen and oxygen atoms in total. The Morgan fingerprint density at radius 2 is 1.63 bits per heavy atom. The summed E-state index contributed by atoms with van der Waals surface area (Å²) in [6.07, 6.45) is 0.266. The third kappa shape index (κ3) is 9.35. The van der Waals surface area contributed by atoms with Crippen LogP contribution in [0, 0.1) is 0 Å². The van der Waals surface area contributed by atoms with E-state index in [1.807, 2.05) is 9.44 Å². The Labute approximate surface area is 203 Å². The topological polar surface area (TPSA) is 188 Å². The van der Waals surface area contributed by atoms with Gasteiger partial charge in [-0.25, -0.2) is 13.1 Å². The number of amides is 3. The van der Waals surface area contributed by atoms with Crippen molar-refractivity contribution in [2.75, 3.05) is 11.8 Å². The molecule has 0 saturated heterocycles. The smallest absolute Gasteiger partial charge is 0.357 e. The molecule has 0 aliphatic carbocycles. The molecule has 0 spiro atoms. The Balaban J connectivity index is 2.03. The third-order valence-corrected chi connectivity index (χ3v) is 6.59. The minimum atomic E-state index is -4.42. The molecule has 0 bridgehead atoms. The molecule has 3 amide bonds. The average molecular weight is 527 g/mol. The zero-order valence-corrected chi connectivity index (χ0v) is 20.6. The first-order valence-electron chi connectivity index (χ1n) is 10.3. The van der Waals surface area contributed by atoms with Crippen molar-refractivity contribution in [3.63, 3.8) is 0 Å². The highest BCUT2D eigenvalue weighted by molar-refractivity contribution is 7.90. The molecular weight excluding hydrogens is 500 g/mol. The Morgan fingerprint density at radius 3 is 2.20 bits per heavy atom. The maximum atomic E-state index is 12.5. The first kappa shape index (κ1) is 27.8. The van der Waals surface area contributed by atoms with Gasteiger partial charge in [-0.05, 0) is 41.8 Å². The van der Waals surface area contributed by atoms with Crippen molar-refractivity contribution >= 4 is 43.7 Å². The fourth-order valence-electron chi connectivity index (χ4n) is 3.12. The van der Waals surface area contributed by atoms with Crippen LogP contribution in [-0.2, 0) is 47.6 Å². The lowest BCUT2D eigenvalue weighted by Crippen LogP contribution is -2.47. The average Bonchev–Trinajstić information content (AvgIpc) is 2.76. The van der Waals surface area contributed by atoms with Crippen molar-refractivity contribution in [1.82, 2.24) is 15.4 Å². The summed E-state index contributed by atoms with van der Waals surface area (Å²) in [5.41, 5.74) is 1.29. The van der Waals surface area contributed by atoms with E-state index in [-0.39, 0.29) is 29.8 Å². The van der Waals surface area contributed by atoms with Crippen LogP contribution in [0.5, 0.6) is 0 Å². The number of sulfonamides is 1. The normalized spacial score (nSPS) is 12.3. The second-order valence-corrected chi connectivity index (χ2v) is 10.4. The number of rotatable bonds is 11. The van der Waals surface area contributed by atoms with E-state index in [1.165, 1.54) is 49.5 Å². The standard InChI is InChI=1S/C21H26N4O8S2/c1-14(26)24-34(29,30)18-5-3-4-15(12-18)8-11-20(27)23-19(21(28)22-2)13-16-6-9-17(10-7-16)25-35(31,32)33/h3-7,9-10,12,19,25H,8,11,13H2,1-2H3,(H,22,28)(H,23,27)(H,24,26)(H,31,32,33). The molecule has 0 heterocycles. The molecule has 1 atom stereocenters. The number of carbonyl (C=O) groups excluding carboxylic acids is 3. The van der Waals surface area contributed by atoms with Crippen LogP contribution < -0.4 is 20.1 Å². The predicted octanol–water partition coefficient (Wildman–Crippen LogP) is 0.132. The maximum Gasteiger partial charge on any atom is 0.357 e. The van der Waals surface area contributed by atoms with E-state index < -0.39 is 44.1 Å². The number of aryl methyl sites for hydroxylation is 1. The number of benzene rings is 2. The monoisotopic (exact) mass is 526 g/mol. The minimum Gasteiger partial charge on any atom is -0.357 e. The highest BCUT2D eigenvalue weighted by Crippen LogP contribution is 2.14. The van der Waals surface area contributed by atoms with Crippen molar-refractivity contribution in [2.24, 2.45) is 0 Å². The van der Waals surface area contributed by atoms with Gasteiger partial charge in [0.2, 0.25) is 17.7 Å². The summed E-state index contributed by atoms with van der Waals surface area (Å²) in [5, 5.41) is 5.10. The zero-order valence-electron chi connectivity index (χ0n) is 18.9. The Bertz CT molecular complexity index is 1290. The van der Waals surface area contributed by atoms with E-state index in [2.05, 4.69) is 10.6 Å². The van der Waals surface area contributed by atoms with Gasteiger partial charge in [0.25, 0.3) is 10.0 Å². The van der Waals surface area contributed by atoms with Gasteiger partial charge in [0, 0.05) is 26.8 Å². The van der Waals surface area contributed by atoms with Crippen LogP contribution in [0.2, 0.25) is 0 Å². The summed E-state index contributed by atoms with van der Waals surface area (Å²) in [6.45, 7) is 1.08. The van der Waals surface area contributed by atoms with E-state index in [0.717, 1.165) is 6.92 Å². The third-order valence-electron chi connectivity index (χ3n) is 4.67. The summed E-state index contributed by atoms with van der Waals surface area (Å²) < 4.78 is 58.7. The largest absolute Gasteiger partial charge is 0.357 e. The van der Waals surface area contributed by atoms with Crippen molar-refractivity contribution in [2.45, 2.75) is 37.1 Å². The Kier molecular flexibility index (Phi) is 9.33. The van der Waals surface area contributed by atoms with Crippen molar-refractivity contribution < 1.29 is 35.8 Å². The van der Waals surface area contributed by atoms with Gasteiger partial charge in [-0.1, -0.05) is 24.3 Å². The number of nitrogens with one attached hydrogen (secondary N) is 4. The summed E-state index contributed by atoms with van der Waals surface area (Å²) in [6, 6.07) is 10.8. The second-order valence-electron chi connectivity index (χ2n) is 7.52. The van der Waals surface area contributed by atoms with Gasteiger partial charge in [0.1, 0.15) is 6.04 Å². The Hall–Kier alpha value is -3.49. The summed E-state index contributed by atoms with van der Waals surface area (Å²) in [4.78, 5) is 35.8. The summed E-state index contributed by atoms with van der Waals surface area (Å²) >= 11 is 0. The molecule has 5 N–H and O–H groups in total. The van der Waals surface area contributed by atoms with Gasteiger partial charge in [-0.3, -0.25) is 23.7 Å². The molecular formula is C21H26N4O8S2. The Morgan fingerprint density at radius 1 is 0.971 bits per heavy atom. The number of anilines is 1. The van der Waals surface area contributed by atoms with Crippen LogP contribution in [0.3, 0.4) is 0 Å². The molecule has 0 aliphatic rings. The first-order chi connectivity index (χ1) is 16.3. The molecule has 0 fully saturated rings. The van der Waals surface area contributed by atoms with Crippen LogP contribution in [0.25, 0.3) is 0 Å². The van der Waals surface area contributed by atoms with Crippen molar-refractivity contribution in [3.8, 4) is 0 Å². The van der Waals surface area contributed by atoms with Crippen LogP contribution in [0.4, 0.5) is 5.69 Å². The molecule has 35 heavy (non-hydrogen) atoms. The molecule has 0 saturated carbocycles. The van der Waals surface area contributed by atoms with Crippen LogP contribution in [0.1, 0.15) is 24.5 Å². The molecule has 2 aromatic rings. The number of carbonyl (C=O) groups is 3. The van der Waals surface area contributed by atoms with Gasteiger partial charge in [-0.2, -0.15) is 8.42 Å². The SMILES string of the molecule is CNC(=O)C(Cc1ccc(NS(=O)(=O)O)cc1)NC(=O)CCc1cccc(S(=O)(=O)NC(C)=O)c1.